The summed E-state index contributed by atoms with van der Waals surface area (Å²) >= 11 is 2.36. The minimum absolute atomic E-state index is 0.942. The summed E-state index contributed by atoms with van der Waals surface area (Å²) in [5, 5.41) is 5.83. The minimum atomic E-state index is 0.942. The van der Waals surface area contributed by atoms with E-state index in [2.05, 4.69) is 63.6 Å². The highest BCUT2D eigenvalue weighted by atomic mass is 127. The smallest absolute Gasteiger partial charge is 0.0800 e. The number of hydrogen-bond donors (Lipinski definition) is 0. The molecule has 0 aliphatic rings. The van der Waals surface area contributed by atoms with Gasteiger partial charge in [-0.3, -0.25) is 4.68 Å². The highest BCUT2D eigenvalue weighted by molar-refractivity contribution is 14.1. The molecule has 2 rings (SSSR count). The fraction of sp³-hybridized carbons (Fsp3) is 0.300. The van der Waals surface area contributed by atoms with Crippen LogP contribution in [0.25, 0.3) is 10.9 Å². The number of nitrogens with zero attached hydrogens (tertiary/aromatic N) is 2. The van der Waals surface area contributed by atoms with Crippen molar-refractivity contribution in [3.05, 3.63) is 30.0 Å². The van der Waals surface area contributed by atoms with Gasteiger partial charge in [0.25, 0.3) is 0 Å². The predicted octanol–water partition coefficient (Wildman–Crippen LogP) is 2.99. The second kappa shape index (κ2) is 3.65. The van der Waals surface area contributed by atoms with E-state index in [1.807, 2.05) is 0 Å². The molecule has 0 saturated heterocycles. The molecular weight excluding hydrogens is 275 g/mol. The lowest BCUT2D eigenvalue weighted by Gasteiger charge is -1.95. The SMILES string of the molecule is CCn1nc(CI)c2ccccc21. The average molecular weight is 286 g/mol. The second-order valence-electron chi connectivity index (χ2n) is 2.91. The molecular formula is C10H11IN2. The number of rotatable bonds is 2. The maximum Gasteiger partial charge on any atom is 0.0800 e. The summed E-state index contributed by atoms with van der Waals surface area (Å²) in [6.45, 7) is 3.06. The summed E-state index contributed by atoms with van der Waals surface area (Å²) in [6.07, 6.45) is 0. The van der Waals surface area contributed by atoms with Crippen LogP contribution in [0.2, 0.25) is 0 Å². The van der Waals surface area contributed by atoms with E-state index in [1.54, 1.807) is 0 Å². The number of alkyl halides is 1. The van der Waals surface area contributed by atoms with Crippen LogP contribution in [0.5, 0.6) is 0 Å². The molecule has 13 heavy (non-hydrogen) atoms. The van der Waals surface area contributed by atoms with E-state index in [-0.39, 0.29) is 0 Å². The molecule has 0 amide bonds. The van der Waals surface area contributed by atoms with E-state index >= 15 is 0 Å². The number of hydrogen-bond acceptors (Lipinski definition) is 1. The van der Waals surface area contributed by atoms with Gasteiger partial charge in [-0.25, -0.2) is 0 Å². The first kappa shape index (κ1) is 8.99. The van der Waals surface area contributed by atoms with Gasteiger partial charge in [-0.2, -0.15) is 5.10 Å². The maximum atomic E-state index is 4.54. The van der Waals surface area contributed by atoms with E-state index < -0.39 is 0 Å². The van der Waals surface area contributed by atoms with Crippen molar-refractivity contribution in [3.8, 4) is 0 Å². The van der Waals surface area contributed by atoms with E-state index in [9.17, 15) is 0 Å². The van der Waals surface area contributed by atoms with E-state index in [0.717, 1.165) is 11.0 Å². The molecule has 0 fully saturated rings. The standard InChI is InChI=1S/C10H11IN2/c1-2-13-10-6-4-3-5-8(10)9(7-11)12-13/h3-6H,2,7H2,1H3. The van der Waals surface area contributed by atoms with E-state index in [1.165, 1.54) is 16.6 Å². The van der Waals surface area contributed by atoms with Gasteiger partial charge in [-0.15, -0.1) is 0 Å². The third-order valence-electron chi connectivity index (χ3n) is 2.16. The average Bonchev–Trinajstić information content (AvgIpc) is 2.56. The van der Waals surface area contributed by atoms with Gasteiger partial charge < -0.3 is 0 Å². The lowest BCUT2D eigenvalue weighted by atomic mass is 10.2. The van der Waals surface area contributed by atoms with Gasteiger partial charge in [0.1, 0.15) is 0 Å². The number of aromatic nitrogens is 2. The van der Waals surface area contributed by atoms with E-state index in [4.69, 9.17) is 0 Å². The first-order valence-corrected chi connectivity index (χ1v) is 5.89. The van der Waals surface area contributed by atoms with Crippen molar-refractivity contribution in [2.24, 2.45) is 0 Å². The zero-order valence-electron chi connectivity index (χ0n) is 7.50. The third-order valence-corrected chi connectivity index (χ3v) is 2.88. The van der Waals surface area contributed by atoms with Crippen LogP contribution in [-0.4, -0.2) is 9.78 Å². The summed E-state index contributed by atoms with van der Waals surface area (Å²) in [7, 11) is 0. The molecule has 1 heterocycles. The third kappa shape index (κ3) is 1.45. The van der Waals surface area contributed by atoms with Crippen molar-refractivity contribution in [2.75, 3.05) is 0 Å². The fourth-order valence-electron chi connectivity index (χ4n) is 1.54. The molecule has 0 radical (unpaired) electrons. The molecule has 0 N–H and O–H groups in total. The highest BCUT2D eigenvalue weighted by Gasteiger charge is 2.06. The number of fused-ring (bicyclic) bond motifs is 1. The molecule has 0 aliphatic heterocycles. The van der Waals surface area contributed by atoms with Gasteiger partial charge >= 0.3 is 0 Å². The second-order valence-corrected chi connectivity index (χ2v) is 3.68. The number of aryl methyl sites for hydroxylation is 1. The molecule has 68 valence electrons. The Kier molecular flexibility index (Phi) is 2.53. The molecule has 2 nitrogen and oxygen atoms in total. The van der Waals surface area contributed by atoms with Crippen molar-refractivity contribution < 1.29 is 0 Å². The molecule has 0 aliphatic carbocycles. The summed E-state index contributed by atoms with van der Waals surface area (Å²) in [5.74, 6) is 0. The molecule has 2 aromatic rings. The molecule has 0 bridgehead atoms. The van der Waals surface area contributed by atoms with Crippen LogP contribution in [0.3, 0.4) is 0 Å². The summed E-state index contributed by atoms with van der Waals surface area (Å²) in [4.78, 5) is 0. The molecule has 0 saturated carbocycles. The number of benzene rings is 1. The molecule has 1 aromatic carbocycles. The highest BCUT2D eigenvalue weighted by Crippen LogP contribution is 2.20. The molecule has 0 spiro atoms. The fourth-order valence-corrected chi connectivity index (χ4v) is 2.10. The van der Waals surface area contributed by atoms with Crippen LogP contribution in [0, 0.1) is 0 Å². The van der Waals surface area contributed by atoms with Crippen molar-refractivity contribution in [1.29, 1.82) is 0 Å². The van der Waals surface area contributed by atoms with Crippen LogP contribution < -0.4 is 0 Å². The van der Waals surface area contributed by atoms with Crippen molar-refractivity contribution in [1.82, 2.24) is 9.78 Å². The Labute approximate surface area is 91.1 Å². The lowest BCUT2D eigenvalue weighted by Crippen LogP contribution is -1.95. The van der Waals surface area contributed by atoms with Crippen LogP contribution in [0.1, 0.15) is 12.6 Å². The van der Waals surface area contributed by atoms with Crippen molar-refractivity contribution >= 4 is 33.5 Å². The predicted molar refractivity (Wildman–Crippen MR) is 63.1 cm³/mol. The Hall–Kier alpha value is -0.580. The quantitative estimate of drug-likeness (QED) is 0.613. The maximum absolute atomic E-state index is 4.54. The molecule has 1 aromatic heterocycles. The van der Waals surface area contributed by atoms with Crippen LogP contribution >= 0.6 is 22.6 Å². The Morgan fingerprint density at radius 1 is 1.38 bits per heavy atom. The Morgan fingerprint density at radius 2 is 2.15 bits per heavy atom. The first-order chi connectivity index (χ1) is 6.36. The first-order valence-electron chi connectivity index (χ1n) is 4.37. The van der Waals surface area contributed by atoms with Gasteiger partial charge in [-0.1, -0.05) is 40.8 Å². The Morgan fingerprint density at radius 3 is 2.85 bits per heavy atom. The largest absolute Gasteiger partial charge is 0.265 e. The molecule has 0 atom stereocenters. The van der Waals surface area contributed by atoms with Crippen molar-refractivity contribution in [3.63, 3.8) is 0 Å². The Bertz CT molecular complexity index is 382. The van der Waals surface area contributed by atoms with Gasteiger partial charge in [0.05, 0.1) is 11.2 Å². The summed E-state index contributed by atoms with van der Waals surface area (Å²) < 4.78 is 3.04. The van der Waals surface area contributed by atoms with Gasteiger partial charge in [-0.05, 0) is 13.0 Å². The van der Waals surface area contributed by atoms with Crippen LogP contribution in [-0.2, 0) is 11.0 Å². The zero-order valence-corrected chi connectivity index (χ0v) is 9.65. The molecule has 0 unspecified atom stereocenters. The summed E-state index contributed by atoms with van der Waals surface area (Å²) in [6, 6.07) is 8.40. The summed E-state index contributed by atoms with van der Waals surface area (Å²) in [5.41, 5.74) is 2.44. The normalized spacial score (nSPS) is 10.9. The van der Waals surface area contributed by atoms with Crippen molar-refractivity contribution in [2.45, 2.75) is 17.9 Å². The topological polar surface area (TPSA) is 17.8 Å². The minimum Gasteiger partial charge on any atom is -0.265 e. The van der Waals surface area contributed by atoms with Gasteiger partial charge in [0.15, 0.2) is 0 Å². The Balaban J connectivity index is 2.74. The number of para-hydroxylation sites is 1. The van der Waals surface area contributed by atoms with Gasteiger partial charge in [0, 0.05) is 16.4 Å². The molecule has 3 heteroatoms. The van der Waals surface area contributed by atoms with Crippen LogP contribution in [0.4, 0.5) is 0 Å². The van der Waals surface area contributed by atoms with Crippen LogP contribution in [0.15, 0.2) is 24.3 Å². The van der Waals surface area contributed by atoms with Gasteiger partial charge in [0.2, 0.25) is 0 Å². The monoisotopic (exact) mass is 286 g/mol. The van der Waals surface area contributed by atoms with E-state index in [0.29, 0.717) is 0 Å². The lowest BCUT2D eigenvalue weighted by molar-refractivity contribution is 0.676. The zero-order chi connectivity index (χ0) is 9.26. The number of halogens is 1.